The molecule has 0 saturated heterocycles. The standard InChI is InChI=1S/C9H18N2O3S/c1-14-6-5-11-8(12)2-4-10-9(13)3-7-15/h15H,2-7H2,1H3,(H,10,13)(H,11,12). The molecular formula is C9H18N2O3S. The van der Waals surface area contributed by atoms with Gasteiger partial charge in [0.1, 0.15) is 0 Å². The molecule has 0 rings (SSSR count). The maximum atomic E-state index is 11.1. The topological polar surface area (TPSA) is 67.4 Å². The molecule has 0 radical (unpaired) electrons. The van der Waals surface area contributed by atoms with Crippen molar-refractivity contribution in [2.45, 2.75) is 12.8 Å². The van der Waals surface area contributed by atoms with E-state index in [4.69, 9.17) is 4.74 Å². The zero-order valence-electron chi connectivity index (χ0n) is 8.91. The molecule has 0 aliphatic rings. The first-order chi connectivity index (χ1) is 7.20. The van der Waals surface area contributed by atoms with Gasteiger partial charge in [-0.2, -0.15) is 12.6 Å². The van der Waals surface area contributed by atoms with Gasteiger partial charge in [0.05, 0.1) is 6.61 Å². The highest BCUT2D eigenvalue weighted by atomic mass is 32.1. The van der Waals surface area contributed by atoms with Crippen LogP contribution in [-0.2, 0) is 14.3 Å². The zero-order valence-corrected chi connectivity index (χ0v) is 9.81. The molecule has 5 nitrogen and oxygen atoms in total. The summed E-state index contributed by atoms with van der Waals surface area (Å²) in [4.78, 5) is 22.1. The quantitative estimate of drug-likeness (QED) is 0.394. The molecule has 88 valence electrons. The Morgan fingerprint density at radius 2 is 1.73 bits per heavy atom. The molecule has 0 aliphatic heterocycles. The van der Waals surface area contributed by atoms with Crippen LogP contribution in [0.2, 0.25) is 0 Å². The number of rotatable bonds is 8. The minimum atomic E-state index is -0.0850. The smallest absolute Gasteiger partial charge is 0.221 e. The van der Waals surface area contributed by atoms with Crippen molar-refractivity contribution in [3.63, 3.8) is 0 Å². The van der Waals surface area contributed by atoms with Crippen molar-refractivity contribution in [1.29, 1.82) is 0 Å². The van der Waals surface area contributed by atoms with Gasteiger partial charge in [0.25, 0.3) is 0 Å². The average Bonchev–Trinajstić information content (AvgIpc) is 2.18. The van der Waals surface area contributed by atoms with E-state index in [0.717, 1.165) is 0 Å². The van der Waals surface area contributed by atoms with Crippen LogP contribution in [0.5, 0.6) is 0 Å². The molecule has 0 aromatic rings. The molecule has 15 heavy (non-hydrogen) atoms. The van der Waals surface area contributed by atoms with Crippen molar-refractivity contribution in [3.05, 3.63) is 0 Å². The lowest BCUT2D eigenvalue weighted by Crippen LogP contribution is -2.32. The van der Waals surface area contributed by atoms with Crippen LogP contribution in [0.3, 0.4) is 0 Å². The molecule has 0 aromatic carbocycles. The van der Waals surface area contributed by atoms with Crippen LogP contribution in [0, 0.1) is 0 Å². The molecule has 0 saturated carbocycles. The molecule has 0 unspecified atom stereocenters. The van der Waals surface area contributed by atoms with Gasteiger partial charge >= 0.3 is 0 Å². The van der Waals surface area contributed by atoms with E-state index in [0.29, 0.717) is 38.3 Å². The molecule has 0 aromatic heterocycles. The summed E-state index contributed by atoms with van der Waals surface area (Å²) in [6.07, 6.45) is 0.677. The summed E-state index contributed by atoms with van der Waals surface area (Å²) >= 11 is 3.93. The van der Waals surface area contributed by atoms with Crippen LogP contribution >= 0.6 is 12.6 Å². The lowest BCUT2D eigenvalue weighted by molar-refractivity contribution is -0.122. The minimum Gasteiger partial charge on any atom is -0.383 e. The molecule has 0 heterocycles. The van der Waals surface area contributed by atoms with Crippen molar-refractivity contribution in [1.82, 2.24) is 10.6 Å². The third-order valence-corrected chi connectivity index (χ3v) is 1.87. The minimum absolute atomic E-state index is 0.0744. The summed E-state index contributed by atoms with van der Waals surface area (Å²) in [5, 5.41) is 5.28. The summed E-state index contributed by atoms with van der Waals surface area (Å²) in [6, 6.07) is 0. The van der Waals surface area contributed by atoms with Gasteiger partial charge in [0, 0.05) is 33.0 Å². The normalized spacial score (nSPS) is 9.73. The second-order valence-electron chi connectivity index (χ2n) is 2.92. The fourth-order valence-electron chi connectivity index (χ4n) is 0.886. The number of carbonyl (C=O) groups is 2. The number of hydrogen-bond donors (Lipinski definition) is 3. The largest absolute Gasteiger partial charge is 0.383 e. The van der Waals surface area contributed by atoms with Crippen molar-refractivity contribution >= 4 is 24.4 Å². The van der Waals surface area contributed by atoms with Crippen molar-refractivity contribution < 1.29 is 14.3 Å². The SMILES string of the molecule is COCCNC(=O)CCNC(=O)CCS. The molecule has 6 heteroatoms. The lowest BCUT2D eigenvalue weighted by Gasteiger charge is -2.05. The Morgan fingerprint density at radius 3 is 2.33 bits per heavy atom. The molecule has 0 aliphatic carbocycles. The first-order valence-electron chi connectivity index (χ1n) is 4.84. The number of methoxy groups -OCH3 is 1. The Kier molecular flexibility index (Phi) is 9.30. The fourth-order valence-corrected chi connectivity index (χ4v) is 1.09. The van der Waals surface area contributed by atoms with Crippen LogP contribution in [-0.4, -0.2) is 44.4 Å². The number of hydrogen-bond acceptors (Lipinski definition) is 4. The summed E-state index contributed by atoms with van der Waals surface area (Å²) in [6.45, 7) is 1.36. The summed E-state index contributed by atoms with van der Waals surface area (Å²) in [5.41, 5.74) is 0. The molecule has 2 amide bonds. The summed E-state index contributed by atoms with van der Waals surface area (Å²) in [7, 11) is 1.57. The monoisotopic (exact) mass is 234 g/mol. The van der Waals surface area contributed by atoms with Gasteiger partial charge < -0.3 is 15.4 Å². The summed E-state index contributed by atoms with van der Waals surface area (Å²) < 4.78 is 4.77. The second kappa shape index (κ2) is 9.79. The van der Waals surface area contributed by atoms with Crippen LogP contribution in [0.15, 0.2) is 0 Å². The van der Waals surface area contributed by atoms with Crippen molar-refractivity contribution in [2.24, 2.45) is 0 Å². The Hall–Kier alpha value is -0.750. The van der Waals surface area contributed by atoms with Crippen LogP contribution in [0.25, 0.3) is 0 Å². The van der Waals surface area contributed by atoms with Gasteiger partial charge in [-0.3, -0.25) is 9.59 Å². The molecule has 0 fully saturated rings. The third kappa shape index (κ3) is 9.55. The van der Waals surface area contributed by atoms with Crippen molar-refractivity contribution in [3.8, 4) is 0 Å². The van der Waals surface area contributed by atoms with Gasteiger partial charge in [-0.25, -0.2) is 0 Å². The third-order valence-electron chi connectivity index (χ3n) is 1.64. The number of thiol groups is 1. The van der Waals surface area contributed by atoms with Gasteiger partial charge in [0.2, 0.25) is 11.8 Å². The van der Waals surface area contributed by atoms with Crippen LogP contribution < -0.4 is 10.6 Å². The zero-order chi connectivity index (χ0) is 11.5. The van der Waals surface area contributed by atoms with E-state index in [2.05, 4.69) is 23.3 Å². The van der Waals surface area contributed by atoms with Crippen LogP contribution in [0.1, 0.15) is 12.8 Å². The number of ether oxygens (including phenoxy) is 1. The van der Waals surface area contributed by atoms with Crippen LogP contribution in [0.4, 0.5) is 0 Å². The maximum absolute atomic E-state index is 11.1. The molecule has 0 spiro atoms. The predicted molar refractivity (Wildman–Crippen MR) is 61.0 cm³/mol. The van der Waals surface area contributed by atoms with Gasteiger partial charge in [0.15, 0.2) is 0 Å². The average molecular weight is 234 g/mol. The predicted octanol–water partition coefficient (Wildman–Crippen LogP) is -0.425. The second-order valence-corrected chi connectivity index (χ2v) is 3.36. The first-order valence-corrected chi connectivity index (χ1v) is 5.47. The molecular weight excluding hydrogens is 216 g/mol. The van der Waals surface area contributed by atoms with E-state index >= 15 is 0 Å². The number of amides is 2. The Bertz CT molecular complexity index is 200. The number of nitrogens with one attached hydrogen (secondary N) is 2. The first kappa shape index (κ1) is 14.2. The lowest BCUT2D eigenvalue weighted by atomic mass is 10.3. The molecule has 0 atom stereocenters. The van der Waals surface area contributed by atoms with Crippen molar-refractivity contribution in [2.75, 3.05) is 32.6 Å². The van der Waals surface area contributed by atoms with E-state index in [1.165, 1.54) is 0 Å². The maximum Gasteiger partial charge on any atom is 0.221 e. The van der Waals surface area contributed by atoms with Gasteiger partial charge in [-0.05, 0) is 5.75 Å². The molecule has 0 bridgehead atoms. The highest BCUT2D eigenvalue weighted by Crippen LogP contribution is 1.84. The number of carbonyl (C=O) groups excluding carboxylic acids is 2. The van der Waals surface area contributed by atoms with E-state index in [1.807, 2.05) is 0 Å². The van der Waals surface area contributed by atoms with E-state index in [1.54, 1.807) is 7.11 Å². The Balaban J connectivity index is 3.34. The van der Waals surface area contributed by atoms with Gasteiger partial charge in [-0.15, -0.1) is 0 Å². The van der Waals surface area contributed by atoms with E-state index < -0.39 is 0 Å². The molecule has 2 N–H and O–H groups in total. The van der Waals surface area contributed by atoms with Gasteiger partial charge in [-0.1, -0.05) is 0 Å². The highest BCUT2D eigenvalue weighted by molar-refractivity contribution is 7.80. The summed E-state index contributed by atoms with van der Waals surface area (Å²) in [5.74, 6) is 0.360. The Morgan fingerprint density at radius 1 is 1.13 bits per heavy atom. The highest BCUT2D eigenvalue weighted by Gasteiger charge is 2.02. The Labute approximate surface area is 95.4 Å². The van der Waals surface area contributed by atoms with E-state index in [-0.39, 0.29) is 11.8 Å². The fraction of sp³-hybridized carbons (Fsp3) is 0.778. The van der Waals surface area contributed by atoms with E-state index in [9.17, 15) is 9.59 Å².